The van der Waals surface area contributed by atoms with E-state index in [2.05, 4.69) is 31.8 Å². The minimum absolute atomic E-state index is 0.0498. The molecule has 0 saturated carbocycles. The van der Waals surface area contributed by atoms with Gasteiger partial charge in [-0.3, -0.25) is 9.36 Å². The van der Waals surface area contributed by atoms with Gasteiger partial charge in [0.05, 0.1) is 12.4 Å². The SMILES string of the molecule is CCOC(=O)N1CCN(C(=O)CSc2nnc3n2CCN3c2ccccc2)CC1. The van der Waals surface area contributed by atoms with Crippen LogP contribution in [-0.4, -0.2) is 81.6 Å². The number of benzene rings is 1. The van der Waals surface area contributed by atoms with E-state index in [-0.39, 0.29) is 12.0 Å². The zero-order valence-electron chi connectivity index (χ0n) is 16.4. The van der Waals surface area contributed by atoms with E-state index in [0.29, 0.717) is 38.5 Å². The van der Waals surface area contributed by atoms with Gasteiger partial charge in [0.1, 0.15) is 0 Å². The summed E-state index contributed by atoms with van der Waals surface area (Å²) in [4.78, 5) is 29.9. The Bertz CT molecular complexity index is 866. The van der Waals surface area contributed by atoms with Gasteiger partial charge in [-0.05, 0) is 19.1 Å². The number of hydrogen-bond donors (Lipinski definition) is 0. The van der Waals surface area contributed by atoms with E-state index < -0.39 is 0 Å². The topological polar surface area (TPSA) is 83.8 Å². The van der Waals surface area contributed by atoms with Gasteiger partial charge in [-0.2, -0.15) is 0 Å². The van der Waals surface area contributed by atoms with Crippen LogP contribution in [0.25, 0.3) is 0 Å². The summed E-state index contributed by atoms with van der Waals surface area (Å²) in [7, 11) is 0. The molecule has 9 nitrogen and oxygen atoms in total. The third-order valence-corrected chi connectivity index (χ3v) is 5.99. The number of aromatic nitrogens is 3. The summed E-state index contributed by atoms with van der Waals surface area (Å²) in [6, 6.07) is 10.1. The van der Waals surface area contributed by atoms with E-state index in [4.69, 9.17) is 4.74 Å². The van der Waals surface area contributed by atoms with Gasteiger partial charge in [0, 0.05) is 45.0 Å². The molecule has 1 fully saturated rings. The first-order chi connectivity index (χ1) is 14.2. The first-order valence-corrected chi connectivity index (χ1v) is 10.7. The Hall–Kier alpha value is -2.75. The van der Waals surface area contributed by atoms with Crippen LogP contribution < -0.4 is 4.90 Å². The van der Waals surface area contributed by atoms with Gasteiger partial charge in [0.25, 0.3) is 0 Å². The van der Waals surface area contributed by atoms with Crippen molar-refractivity contribution in [1.29, 1.82) is 0 Å². The molecule has 3 heterocycles. The number of anilines is 2. The minimum Gasteiger partial charge on any atom is -0.450 e. The number of fused-ring (bicyclic) bond motifs is 1. The molecule has 154 valence electrons. The first kappa shape index (κ1) is 19.6. The summed E-state index contributed by atoms with van der Waals surface area (Å²) in [6.45, 7) is 5.84. The highest BCUT2D eigenvalue weighted by atomic mass is 32.2. The molecule has 2 aliphatic rings. The van der Waals surface area contributed by atoms with Gasteiger partial charge < -0.3 is 19.4 Å². The van der Waals surface area contributed by atoms with Crippen LogP contribution in [0.4, 0.5) is 16.4 Å². The van der Waals surface area contributed by atoms with Crippen LogP contribution in [-0.2, 0) is 16.1 Å². The van der Waals surface area contributed by atoms with E-state index in [1.165, 1.54) is 11.8 Å². The summed E-state index contributed by atoms with van der Waals surface area (Å²) in [5.74, 6) is 1.17. The van der Waals surface area contributed by atoms with Crippen molar-refractivity contribution in [3.8, 4) is 0 Å². The molecular formula is C19H24N6O3S. The summed E-state index contributed by atoms with van der Waals surface area (Å²) < 4.78 is 7.07. The lowest BCUT2D eigenvalue weighted by Gasteiger charge is -2.34. The monoisotopic (exact) mass is 416 g/mol. The van der Waals surface area contributed by atoms with Crippen LogP contribution in [0.3, 0.4) is 0 Å². The maximum absolute atomic E-state index is 12.6. The molecule has 2 aliphatic heterocycles. The third-order valence-electron chi connectivity index (χ3n) is 5.04. The van der Waals surface area contributed by atoms with E-state index in [1.54, 1.807) is 16.7 Å². The molecule has 1 aromatic carbocycles. The van der Waals surface area contributed by atoms with E-state index >= 15 is 0 Å². The van der Waals surface area contributed by atoms with Crippen LogP contribution in [0, 0.1) is 0 Å². The largest absolute Gasteiger partial charge is 0.450 e. The molecule has 4 rings (SSSR count). The second-order valence-electron chi connectivity index (χ2n) is 6.78. The highest BCUT2D eigenvalue weighted by molar-refractivity contribution is 7.99. The highest BCUT2D eigenvalue weighted by Crippen LogP contribution is 2.31. The Kier molecular flexibility index (Phi) is 5.89. The molecule has 0 bridgehead atoms. The maximum Gasteiger partial charge on any atom is 0.409 e. The molecule has 0 N–H and O–H groups in total. The zero-order chi connectivity index (χ0) is 20.2. The Morgan fingerprint density at radius 3 is 2.45 bits per heavy atom. The van der Waals surface area contributed by atoms with Gasteiger partial charge in [0.15, 0.2) is 5.16 Å². The van der Waals surface area contributed by atoms with Crippen molar-refractivity contribution < 1.29 is 14.3 Å². The molecule has 0 radical (unpaired) electrons. The van der Waals surface area contributed by atoms with Crippen LogP contribution >= 0.6 is 11.8 Å². The van der Waals surface area contributed by atoms with Gasteiger partial charge in [-0.15, -0.1) is 10.2 Å². The Labute approximate surface area is 173 Å². The molecule has 2 aromatic rings. The molecule has 0 unspecified atom stereocenters. The molecule has 10 heteroatoms. The van der Waals surface area contributed by atoms with Crippen LogP contribution in [0.2, 0.25) is 0 Å². The number of carbonyl (C=O) groups excluding carboxylic acids is 2. The van der Waals surface area contributed by atoms with Crippen LogP contribution in [0.5, 0.6) is 0 Å². The third kappa shape index (κ3) is 4.16. The van der Waals surface area contributed by atoms with Crippen molar-refractivity contribution in [2.45, 2.75) is 18.6 Å². The lowest BCUT2D eigenvalue weighted by Crippen LogP contribution is -2.51. The fourth-order valence-corrected chi connectivity index (χ4v) is 4.37. The molecule has 0 atom stereocenters. The number of amides is 2. The number of carbonyl (C=O) groups is 2. The summed E-state index contributed by atoms with van der Waals surface area (Å²) in [5, 5.41) is 9.37. The van der Waals surface area contributed by atoms with E-state index in [9.17, 15) is 9.59 Å². The second-order valence-corrected chi connectivity index (χ2v) is 7.72. The predicted octanol–water partition coefficient (Wildman–Crippen LogP) is 1.82. The molecule has 0 spiro atoms. The maximum atomic E-state index is 12.6. The summed E-state index contributed by atoms with van der Waals surface area (Å²) in [5.41, 5.74) is 1.09. The summed E-state index contributed by atoms with van der Waals surface area (Å²) in [6.07, 6.45) is -0.309. The fourth-order valence-electron chi connectivity index (χ4n) is 3.51. The molecular weight excluding hydrogens is 392 g/mol. The number of para-hydroxylation sites is 1. The van der Waals surface area contributed by atoms with Crippen molar-refractivity contribution in [3.63, 3.8) is 0 Å². The van der Waals surface area contributed by atoms with Crippen molar-refractivity contribution in [1.82, 2.24) is 24.6 Å². The normalized spacial score (nSPS) is 16.1. The number of nitrogens with zero attached hydrogens (tertiary/aromatic N) is 6. The molecule has 1 aromatic heterocycles. The lowest BCUT2D eigenvalue weighted by atomic mass is 10.3. The molecule has 29 heavy (non-hydrogen) atoms. The van der Waals surface area contributed by atoms with Gasteiger partial charge >= 0.3 is 6.09 Å². The first-order valence-electron chi connectivity index (χ1n) is 9.75. The number of rotatable bonds is 5. The number of thioether (sulfide) groups is 1. The van der Waals surface area contributed by atoms with Crippen LogP contribution in [0.1, 0.15) is 6.92 Å². The minimum atomic E-state index is -0.309. The van der Waals surface area contributed by atoms with Gasteiger partial charge in [-0.25, -0.2) is 4.79 Å². The van der Waals surface area contributed by atoms with Gasteiger partial charge in [0.2, 0.25) is 11.9 Å². The molecule has 0 aliphatic carbocycles. The molecule has 2 amide bonds. The van der Waals surface area contributed by atoms with Crippen molar-refractivity contribution in [3.05, 3.63) is 30.3 Å². The Morgan fingerprint density at radius 1 is 1.00 bits per heavy atom. The van der Waals surface area contributed by atoms with E-state index in [1.807, 2.05) is 18.2 Å². The average molecular weight is 417 g/mol. The van der Waals surface area contributed by atoms with Gasteiger partial charge in [-0.1, -0.05) is 30.0 Å². The quantitative estimate of drug-likeness (QED) is 0.688. The second kappa shape index (κ2) is 8.73. The smallest absolute Gasteiger partial charge is 0.409 e. The zero-order valence-corrected chi connectivity index (χ0v) is 17.2. The number of hydrogen-bond acceptors (Lipinski definition) is 7. The van der Waals surface area contributed by atoms with Crippen molar-refractivity contribution in [2.75, 3.05) is 50.0 Å². The fraction of sp³-hybridized carbons (Fsp3) is 0.474. The summed E-state index contributed by atoms with van der Waals surface area (Å²) >= 11 is 1.41. The predicted molar refractivity (Wildman–Crippen MR) is 109 cm³/mol. The highest BCUT2D eigenvalue weighted by Gasteiger charge is 2.28. The van der Waals surface area contributed by atoms with Crippen molar-refractivity contribution >= 4 is 35.4 Å². The number of piperazine rings is 1. The van der Waals surface area contributed by atoms with E-state index in [0.717, 1.165) is 29.9 Å². The Balaban J connectivity index is 1.31. The number of ether oxygens (including phenoxy) is 1. The van der Waals surface area contributed by atoms with Crippen molar-refractivity contribution in [2.24, 2.45) is 0 Å². The standard InChI is InChI=1S/C19H24N6O3S/c1-2-28-19(27)23-10-8-22(9-11-23)16(26)14-29-18-21-20-17-24(12-13-25(17)18)15-6-4-3-5-7-15/h3-7H,2,8-14H2,1H3. The molecule has 1 saturated heterocycles. The Morgan fingerprint density at radius 2 is 1.72 bits per heavy atom. The lowest BCUT2D eigenvalue weighted by molar-refractivity contribution is -0.129. The average Bonchev–Trinajstić information content (AvgIpc) is 3.35. The van der Waals surface area contributed by atoms with Crippen LogP contribution in [0.15, 0.2) is 35.5 Å².